The third-order valence-electron chi connectivity index (χ3n) is 7.03. The topological polar surface area (TPSA) is 71.8 Å². The van der Waals surface area contributed by atoms with Gasteiger partial charge in [0.25, 0.3) is 0 Å². The summed E-state index contributed by atoms with van der Waals surface area (Å²) in [6, 6.07) is 5.86. The fourth-order valence-corrected chi connectivity index (χ4v) is 5.10. The van der Waals surface area contributed by atoms with E-state index in [2.05, 4.69) is 34.9 Å². The Labute approximate surface area is 207 Å². The van der Waals surface area contributed by atoms with Crippen LogP contribution in [-0.4, -0.2) is 31.3 Å². The number of benzene rings is 1. The number of rotatable bonds is 4. The first kappa shape index (κ1) is 24.0. The molecule has 0 aliphatic carbocycles. The van der Waals surface area contributed by atoms with Gasteiger partial charge in [-0.25, -0.2) is 4.98 Å². The molecule has 3 aromatic heterocycles. The summed E-state index contributed by atoms with van der Waals surface area (Å²) in [7, 11) is 0. The third-order valence-corrected chi connectivity index (χ3v) is 7.03. The van der Waals surface area contributed by atoms with E-state index in [9.17, 15) is 13.2 Å². The van der Waals surface area contributed by atoms with Crippen molar-refractivity contribution in [3.63, 3.8) is 0 Å². The third kappa shape index (κ3) is 4.14. The normalized spacial score (nSPS) is 14.7. The second kappa shape index (κ2) is 8.76. The van der Waals surface area contributed by atoms with Crippen LogP contribution in [-0.2, 0) is 19.3 Å². The van der Waals surface area contributed by atoms with Crippen molar-refractivity contribution < 1.29 is 13.2 Å². The van der Waals surface area contributed by atoms with Crippen molar-refractivity contribution in [2.45, 2.75) is 59.9 Å². The molecule has 4 aromatic rings. The Kier molecular flexibility index (Phi) is 5.84. The number of hydrogen-bond donors (Lipinski definition) is 1. The molecular formula is C26H28F3N7. The lowest BCUT2D eigenvalue weighted by Crippen LogP contribution is -2.34. The number of alkyl halides is 3. The summed E-state index contributed by atoms with van der Waals surface area (Å²) < 4.78 is 42.6. The second-order valence-corrected chi connectivity index (χ2v) is 9.37. The van der Waals surface area contributed by atoms with E-state index < -0.39 is 17.8 Å². The van der Waals surface area contributed by atoms with Gasteiger partial charge in [0.15, 0.2) is 5.82 Å². The van der Waals surface area contributed by atoms with Crippen LogP contribution in [0.2, 0.25) is 0 Å². The average molecular weight is 496 g/mol. The molecule has 0 bridgehead atoms. The predicted octanol–water partition coefficient (Wildman–Crippen LogP) is 5.67. The summed E-state index contributed by atoms with van der Waals surface area (Å²) in [4.78, 5) is 11.6. The largest absolute Gasteiger partial charge is 0.416 e. The number of aromatic nitrogens is 5. The molecular weight excluding hydrogens is 467 g/mol. The van der Waals surface area contributed by atoms with Gasteiger partial charge < -0.3 is 14.8 Å². The molecule has 1 aromatic carbocycles. The van der Waals surface area contributed by atoms with Crippen molar-refractivity contribution in [1.29, 1.82) is 0 Å². The highest BCUT2D eigenvalue weighted by molar-refractivity contribution is 5.92. The van der Waals surface area contributed by atoms with E-state index in [-0.39, 0.29) is 5.56 Å². The maximum atomic E-state index is 13.5. The van der Waals surface area contributed by atoms with Gasteiger partial charge in [-0.1, -0.05) is 12.1 Å². The van der Waals surface area contributed by atoms with Gasteiger partial charge in [-0.15, -0.1) is 5.10 Å². The van der Waals surface area contributed by atoms with E-state index in [4.69, 9.17) is 0 Å². The molecule has 0 saturated heterocycles. The molecule has 1 aliphatic rings. The van der Waals surface area contributed by atoms with Crippen LogP contribution in [0.4, 0.5) is 24.7 Å². The van der Waals surface area contributed by atoms with Gasteiger partial charge in [0.05, 0.1) is 52.6 Å². The van der Waals surface area contributed by atoms with E-state index in [0.29, 0.717) is 22.6 Å². The van der Waals surface area contributed by atoms with E-state index >= 15 is 0 Å². The molecule has 0 spiro atoms. The van der Waals surface area contributed by atoms with Gasteiger partial charge in [-0.2, -0.15) is 18.3 Å². The van der Waals surface area contributed by atoms with Crippen LogP contribution < -0.4 is 10.2 Å². The van der Waals surface area contributed by atoms with Crippen LogP contribution in [0.25, 0.3) is 10.9 Å². The van der Waals surface area contributed by atoms with Gasteiger partial charge in [0, 0.05) is 18.5 Å². The Bertz CT molecular complexity index is 1460. The lowest BCUT2D eigenvalue weighted by molar-refractivity contribution is -0.138. The second-order valence-electron chi connectivity index (χ2n) is 9.37. The zero-order chi connectivity index (χ0) is 25.8. The maximum Gasteiger partial charge on any atom is 0.416 e. The van der Waals surface area contributed by atoms with Gasteiger partial charge in [-0.3, -0.25) is 4.98 Å². The summed E-state index contributed by atoms with van der Waals surface area (Å²) in [6.07, 6.45) is -2.56. The number of pyridine rings is 1. The van der Waals surface area contributed by atoms with Crippen LogP contribution in [0.15, 0.2) is 30.5 Å². The van der Waals surface area contributed by atoms with Crippen LogP contribution in [0.5, 0.6) is 0 Å². The highest BCUT2D eigenvalue weighted by Crippen LogP contribution is 2.36. The molecule has 188 valence electrons. The number of aryl methyl sites for hydroxylation is 3. The number of fused-ring (bicyclic) bond motifs is 2. The molecule has 36 heavy (non-hydrogen) atoms. The quantitative estimate of drug-likeness (QED) is 0.394. The van der Waals surface area contributed by atoms with Crippen LogP contribution in [0.3, 0.4) is 0 Å². The standard InChI is InChI=1S/C26H28F3N7/c1-14-20(7-6-8-22(14)26(27,28)29)15(2)32-25-21-11-19(12-30-24(21)17(4)33-34-25)35-9-10-36-18(5)31-16(3)23(36)13-35/h6-8,11-12,15H,9-10,13H2,1-5H3,(H,32,34)/t15-/m1/s1. The highest BCUT2D eigenvalue weighted by Gasteiger charge is 2.33. The van der Waals surface area contributed by atoms with Crippen molar-refractivity contribution in [2.24, 2.45) is 0 Å². The van der Waals surface area contributed by atoms with Crippen molar-refractivity contribution in [1.82, 2.24) is 24.7 Å². The molecule has 0 radical (unpaired) electrons. The molecule has 1 atom stereocenters. The van der Waals surface area contributed by atoms with Gasteiger partial charge in [-0.05, 0) is 57.9 Å². The van der Waals surface area contributed by atoms with Crippen molar-refractivity contribution in [3.8, 4) is 0 Å². The number of hydrogen-bond acceptors (Lipinski definition) is 6. The summed E-state index contributed by atoms with van der Waals surface area (Å²) >= 11 is 0. The van der Waals surface area contributed by atoms with Crippen molar-refractivity contribution in [2.75, 3.05) is 16.8 Å². The summed E-state index contributed by atoms with van der Waals surface area (Å²) in [5, 5.41) is 12.7. The number of anilines is 2. The molecule has 0 unspecified atom stereocenters. The Hall–Kier alpha value is -3.69. The molecule has 0 fully saturated rings. The Morgan fingerprint density at radius 3 is 2.56 bits per heavy atom. The monoisotopic (exact) mass is 495 g/mol. The number of halogens is 3. The predicted molar refractivity (Wildman–Crippen MR) is 133 cm³/mol. The first-order chi connectivity index (χ1) is 17.0. The van der Waals surface area contributed by atoms with Gasteiger partial charge in [0.2, 0.25) is 0 Å². The number of nitrogens with one attached hydrogen (secondary N) is 1. The van der Waals surface area contributed by atoms with Crippen molar-refractivity contribution >= 4 is 22.4 Å². The molecule has 0 saturated carbocycles. The number of imidazole rings is 1. The van der Waals surface area contributed by atoms with Gasteiger partial charge >= 0.3 is 6.18 Å². The SMILES string of the molecule is Cc1nc(C)n2c1CN(c1cnc3c(C)nnc(N[C@H](C)c4cccc(C(F)(F)F)c4C)c3c1)CC2. The smallest absolute Gasteiger partial charge is 0.363 e. The maximum absolute atomic E-state index is 13.5. The highest BCUT2D eigenvalue weighted by atomic mass is 19.4. The zero-order valence-corrected chi connectivity index (χ0v) is 20.9. The number of nitrogens with zero attached hydrogens (tertiary/aromatic N) is 6. The molecule has 1 aliphatic heterocycles. The van der Waals surface area contributed by atoms with Crippen molar-refractivity contribution in [3.05, 3.63) is 70.1 Å². The van der Waals surface area contributed by atoms with Gasteiger partial charge in [0.1, 0.15) is 5.82 Å². The van der Waals surface area contributed by atoms with E-state index in [1.807, 2.05) is 40.0 Å². The Balaban J connectivity index is 1.49. The molecule has 0 amide bonds. The first-order valence-corrected chi connectivity index (χ1v) is 11.9. The van der Waals surface area contributed by atoms with Crippen LogP contribution in [0, 0.1) is 27.7 Å². The molecule has 1 N–H and O–H groups in total. The fourth-order valence-electron chi connectivity index (χ4n) is 5.10. The Morgan fingerprint density at radius 1 is 1.03 bits per heavy atom. The van der Waals surface area contributed by atoms with E-state index in [1.54, 1.807) is 6.07 Å². The van der Waals surface area contributed by atoms with Crippen LogP contribution in [0.1, 0.15) is 52.6 Å². The lowest BCUT2D eigenvalue weighted by Gasteiger charge is -2.31. The van der Waals surface area contributed by atoms with Crippen LogP contribution >= 0.6 is 0 Å². The molecule has 7 nitrogen and oxygen atoms in total. The van der Waals surface area contributed by atoms with E-state index in [1.165, 1.54) is 18.7 Å². The molecule has 10 heteroatoms. The minimum atomic E-state index is -4.41. The summed E-state index contributed by atoms with van der Waals surface area (Å²) in [6.45, 7) is 11.6. The summed E-state index contributed by atoms with van der Waals surface area (Å²) in [5.41, 5.74) is 4.68. The molecule has 5 rings (SSSR count). The molecule has 4 heterocycles. The zero-order valence-electron chi connectivity index (χ0n) is 20.9. The van der Waals surface area contributed by atoms with E-state index in [0.717, 1.165) is 48.3 Å². The minimum absolute atomic E-state index is 0.198. The minimum Gasteiger partial charge on any atom is -0.363 e. The fraction of sp³-hybridized carbons (Fsp3) is 0.385. The Morgan fingerprint density at radius 2 is 1.81 bits per heavy atom. The first-order valence-electron chi connectivity index (χ1n) is 11.9. The lowest BCUT2D eigenvalue weighted by atomic mass is 9.97. The summed E-state index contributed by atoms with van der Waals surface area (Å²) in [5.74, 6) is 1.51. The average Bonchev–Trinajstić information content (AvgIpc) is 3.12.